The Morgan fingerprint density at radius 3 is 3.13 bits per heavy atom. The fourth-order valence-electron chi connectivity index (χ4n) is 1.32. The van der Waals surface area contributed by atoms with E-state index in [-0.39, 0.29) is 18.6 Å². The number of nitrogens with zero attached hydrogens (tertiary/aromatic N) is 2. The molecule has 0 fully saturated rings. The molecule has 0 aliphatic rings. The lowest BCUT2D eigenvalue weighted by Gasteiger charge is -2.07. The largest absolute Gasteiger partial charge is 0.335 e. The van der Waals surface area contributed by atoms with Crippen LogP contribution in [0.3, 0.4) is 0 Å². The van der Waals surface area contributed by atoms with Crippen LogP contribution in [0.15, 0.2) is 12.4 Å². The molecule has 4 nitrogen and oxygen atoms in total. The molecule has 1 rings (SSSR count). The lowest BCUT2D eigenvalue weighted by molar-refractivity contribution is -0.119. The van der Waals surface area contributed by atoms with Crippen LogP contribution in [0.2, 0.25) is 0 Å². The van der Waals surface area contributed by atoms with E-state index >= 15 is 0 Å². The molecule has 0 aliphatic carbocycles. The van der Waals surface area contributed by atoms with Gasteiger partial charge in [0.25, 0.3) is 0 Å². The molecular weight excluding hydrogens is 190 g/mol. The summed E-state index contributed by atoms with van der Waals surface area (Å²) >= 11 is 0. The number of terminal acetylenes is 1. The fourth-order valence-corrected chi connectivity index (χ4v) is 1.32. The second-order valence-corrected chi connectivity index (χ2v) is 3.29. The van der Waals surface area contributed by atoms with E-state index in [4.69, 9.17) is 12.2 Å². The number of imidazole rings is 1. The van der Waals surface area contributed by atoms with E-state index in [9.17, 15) is 4.79 Å². The summed E-state index contributed by atoms with van der Waals surface area (Å²) in [6.45, 7) is 2.80. The van der Waals surface area contributed by atoms with Crippen molar-refractivity contribution < 1.29 is 4.79 Å². The van der Waals surface area contributed by atoms with Gasteiger partial charge in [0.2, 0.25) is 0 Å². The Morgan fingerprint density at radius 1 is 1.80 bits per heavy atom. The monoisotopic (exact) mass is 205 g/mol. The van der Waals surface area contributed by atoms with Crippen molar-refractivity contribution in [3.8, 4) is 12.3 Å². The summed E-state index contributed by atoms with van der Waals surface area (Å²) in [4.78, 5) is 15.7. The molecule has 4 heteroatoms. The summed E-state index contributed by atoms with van der Waals surface area (Å²) in [5.74, 6) is 3.07. The topological polar surface area (TPSA) is 60.9 Å². The molecule has 1 aromatic rings. The van der Waals surface area contributed by atoms with Crippen LogP contribution >= 0.6 is 0 Å². The molecule has 1 atom stereocenters. The summed E-state index contributed by atoms with van der Waals surface area (Å²) in [7, 11) is 0. The third kappa shape index (κ3) is 2.93. The average Bonchev–Trinajstić information content (AvgIpc) is 2.65. The van der Waals surface area contributed by atoms with Gasteiger partial charge in [-0.3, -0.25) is 4.79 Å². The minimum atomic E-state index is -0.572. The highest BCUT2D eigenvalue weighted by Crippen LogP contribution is 2.01. The Kier molecular flexibility index (Phi) is 4.07. The number of carbonyl (C=O) groups excluding carboxylic acids is 1. The molecule has 1 aromatic heterocycles. The maximum absolute atomic E-state index is 11.6. The van der Waals surface area contributed by atoms with Crippen LogP contribution in [-0.2, 0) is 17.8 Å². The predicted octanol–water partition coefficient (Wildman–Crippen LogP) is 0.365. The molecule has 1 heterocycles. The first-order valence-corrected chi connectivity index (χ1v) is 4.90. The Labute approximate surface area is 89.5 Å². The number of rotatable bonds is 5. The third-order valence-electron chi connectivity index (χ3n) is 2.23. The van der Waals surface area contributed by atoms with Gasteiger partial charge in [-0.15, -0.1) is 12.3 Å². The number of hydrogen-bond acceptors (Lipinski definition) is 3. The van der Waals surface area contributed by atoms with E-state index in [1.807, 2.05) is 17.7 Å². The fraction of sp³-hybridized carbons (Fsp3) is 0.455. The molecule has 0 aliphatic heterocycles. The summed E-state index contributed by atoms with van der Waals surface area (Å²) in [5.41, 5.74) is 5.61. The van der Waals surface area contributed by atoms with Crippen molar-refractivity contribution in [1.29, 1.82) is 0 Å². The van der Waals surface area contributed by atoms with Crippen LogP contribution in [-0.4, -0.2) is 21.4 Å². The van der Waals surface area contributed by atoms with Crippen molar-refractivity contribution >= 4 is 5.78 Å². The zero-order chi connectivity index (χ0) is 11.3. The Morgan fingerprint density at radius 2 is 2.53 bits per heavy atom. The summed E-state index contributed by atoms with van der Waals surface area (Å²) < 4.78 is 1.92. The number of aromatic nitrogens is 2. The van der Waals surface area contributed by atoms with Gasteiger partial charge in [-0.2, -0.15) is 0 Å². The molecule has 15 heavy (non-hydrogen) atoms. The normalized spacial score (nSPS) is 12.1. The number of carbonyl (C=O) groups is 1. The standard InChI is InChI=1S/C11H15N3O/c1-3-5-9(12)10(15)8-11-13-6-7-14(11)4-2/h1,6-7,9H,4-5,8,12H2,2H3. The molecule has 1 unspecified atom stereocenters. The van der Waals surface area contributed by atoms with Crippen LogP contribution < -0.4 is 5.73 Å². The molecule has 80 valence electrons. The van der Waals surface area contributed by atoms with Gasteiger partial charge < -0.3 is 10.3 Å². The van der Waals surface area contributed by atoms with E-state index in [0.717, 1.165) is 12.4 Å². The van der Waals surface area contributed by atoms with E-state index in [2.05, 4.69) is 10.9 Å². The number of aryl methyl sites for hydroxylation is 1. The Hall–Kier alpha value is -1.60. The highest BCUT2D eigenvalue weighted by atomic mass is 16.1. The number of ketones is 1. The zero-order valence-electron chi connectivity index (χ0n) is 8.81. The summed E-state index contributed by atoms with van der Waals surface area (Å²) in [6, 6.07) is -0.572. The number of Topliss-reactive ketones (excluding diaryl/α,β-unsaturated/α-hetero) is 1. The molecule has 0 saturated carbocycles. The van der Waals surface area contributed by atoms with E-state index < -0.39 is 6.04 Å². The van der Waals surface area contributed by atoms with E-state index in [1.54, 1.807) is 6.20 Å². The molecule has 0 aromatic carbocycles. The van der Waals surface area contributed by atoms with Crippen molar-refractivity contribution in [3.05, 3.63) is 18.2 Å². The van der Waals surface area contributed by atoms with Gasteiger partial charge in [-0.05, 0) is 6.92 Å². The molecule has 0 bridgehead atoms. The first kappa shape index (κ1) is 11.5. The van der Waals surface area contributed by atoms with Crippen molar-refractivity contribution in [1.82, 2.24) is 9.55 Å². The number of nitrogens with two attached hydrogens (primary N) is 1. The Bertz CT molecular complexity index is 375. The summed E-state index contributed by atoms with van der Waals surface area (Å²) in [5, 5.41) is 0. The summed E-state index contributed by atoms with van der Waals surface area (Å²) in [6.07, 6.45) is 9.15. The minimum absolute atomic E-state index is 0.0612. The van der Waals surface area contributed by atoms with Crippen molar-refractivity contribution in [3.63, 3.8) is 0 Å². The zero-order valence-corrected chi connectivity index (χ0v) is 8.81. The lowest BCUT2D eigenvalue weighted by Crippen LogP contribution is -2.32. The van der Waals surface area contributed by atoms with Crippen LogP contribution in [0.25, 0.3) is 0 Å². The van der Waals surface area contributed by atoms with Gasteiger partial charge in [0, 0.05) is 25.4 Å². The average molecular weight is 205 g/mol. The maximum Gasteiger partial charge on any atom is 0.157 e. The van der Waals surface area contributed by atoms with Gasteiger partial charge in [0.1, 0.15) is 5.82 Å². The second kappa shape index (κ2) is 5.32. The molecule has 0 radical (unpaired) electrons. The van der Waals surface area contributed by atoms with Crippen molar-refractivity contribution in [2.45, 2.75) is 32.4 Å². The quantitative estimate of drug-likeness (QED) is 0.706. The SMILES string of the molecule is C#CCC(N)C(=O)Cc1nccn1CC. The first-order valence-electron chi connectivity index (χ1n) is 4.90. The second-order valence-electron chi connectivity index (χ2n) is 3.29. The van der Waals surface area contributed by atoms with E-state index in [1.165, 1.54) is 0 Å². The van der Waals surface area contributed by atoms with Gasteiger partial charge >= 0.3 is 0 Å². The van der Waals surface area contributed by atoms with Gasteiger partial charge in [-0.1, -0.05) is 0 Å². The molecule has 2 N–H and O–H groups in total. The molecule has 0 saturated heterocycles. The Balaban J connectivity index is 2.62. The first-order chi connectivity index (χ1) is 7.19. The molecular formula is C11H15N3O. The van der Waals surface area contributed by atoms with Crippen LogP contribution in [0.4, 0.5) is 0 Å². The highest BCUT2D eigenvalue weighted by Gasteiger charge is 2.15. The predicted molar refractivity (Wildman–Crippen MR) is 58.0 cm³/mol. The van der Waals surface area contributed by atoms with Crippen LogP contribution in [0, 0.1) is 12.3 Å². The number of hydrogen-bond donors (Lipinski definition) is 1. The maximum atomic E-state index is 11.6. The van der Waals surface area contributed by atoms with Crippen molar-refractivity contribution in [2.24, 2.45) is 5.73 Å². The van der Waals surface area contributed by atoms with Crippen molar-refractivity contribution in [2.75, 3.05) is 0 Å². The minimum Gasteiger partial charge on any atom is -0.335 e. The molecule has 0 spiro atoms. The molecule has 0 amide bonds. The van der Waals surface area contributed by atoms with E-state index in [0.29, 0.717) is 0 Å². The van der Waals surface area contributed by atoms with Gasteiger partial charge in [0.15, 0.2) is 5.78 Å². The highest BCUT2D eigenvalue weighted by molar-refractivity contribution is 5.85. The van der Waals surface area contributed by atoms with Crippen LogP contribution in [0.5, 0.6) is 0 Å². The third-order valence-corrected chi connectivity index (χ3v) is 2.23. The smallest absolute Gasteiger partial charge is 0.157 e. The van der Waals surface area contributed by atoms with Crippen LogP contribution in [0.1, 0.15) is 19.2 Å². The lowest BCUT2D eigenvalue weighted by atomic mass is 10.1. The van der Waals surface area contributed by atoms with Gasteiger partial charge in [0.05, 0.1) is 12.5 Å². The van der Waals surface area contributed by atoms with Gasteiger partial charge in [-0.25, -0.2) is 4.98 Å².